The van der Waals surface area contributed by atoms with Gasteiger partial charge in [-0.05, 0) is 37.1 Å². The van der Waals surface area contributed by atoms with Crippen LogP contribution in [-0.4, -0.2) is 50.5 Å². The van der Waals surface area contributed by atoms with Gasteiger partial charge in [0.2, 0.25) is 21.8 Å². The van der Waals surface area contributed by atoms with Gasteiger partial charge in [0.15, 0.2) is 0 Å². The highest BCUT2D eigenvalue weighted by Crippen LogP contribution is 2.37. The molecule has 2 aromatic carbocycles. The van der Waals surface area contributed by atoms with Gasteiger partial charge in [0, 0.05) is 13.1 Å². The third kappa shape index (κ3) is 7.60. The molecule has 2 amide bonds. The largest absolute Gasteiger partial charge is 0.417 e. The number of rotatable bonds is 10. The van der Waals surface area contributed by atoms with E-state index in [0.29, 0.717) is 22.5 Å². The molecule has 0 heterocycles. The van der Waals surface area contributed by atoms with Crippen molar-refractivity contribution < 1.29 is 31.2 Å². The molecule has 1 atom stereocenters. The van der Waals surface area contributed by atoms with Gasteiger partial charge in [0.1, 0.15) is 12.6 Å². The Morgan fingerprint density at radius 2 is 1.71 bits per heavy atom. The lowest BCUT2D eigenvalue weighted by Gasteiger charge is -2.33. The molecular weight excluding hydrogens is 507 g/mol. The van der Waals surface area contributed by atoms with E-state index in [9.17, 15) is 31.2 Å². The number of alkyl halides is 3. The van der Waals surface area contributed by atoms with Crippen LogP contribution in [0.4, 0.5) is 18.9 Å². The van der Waals surface area contributed by atoms with Gasteiger partial charge in [-0.25, -0.2) is 8.42 Å². The summed E-state index contributed by atoms with van der Waals surface area (Å²) in [6, 6.07) is 10.4. The number of nitrogens with one attached hydrogen (secondary N) is 1. The smallest absolute Gasteiger partial charge is 0.355 e. The van der Waals surface area contributed by atoms with Crippen molar-refractivity contribution in [1.82, 2.24) is 10.2 Å². The maximum Gasteiger partial charge on any atom is 0.417 e. The van der Waals surface area contributed by atoms with Crippen molar-refractivity contribution in [3.8, 4) is 0 Å². The van der Waals surface area contributed by atoms with Gasteiger partial charge in [-0.2, -0.15) is 13.2 Å². The van der Waals surface area contributed by atoms with Crippen LogP contribution in [-0.2, 0) is 32.3 Å². The Hall–Kier alpha value is -2.79. The Balaban J connectivity index is 2.50. The van der Waals surface area contributed by atoms with E-state index in [0.717, 1.165) is 18.4 Å². The number of carbonyl (C=O) groups is 2. The zero-order chi connectivity index (χ0) is 26.4. The van der Waals surface area contributed by atoms with Crippen LogP contribution >= 0.6 is 11.6 Å². The molecule has 12 heteroatoms. The lowest BCUT2D eigenvalue weighted by Crippen LogP contribution is -2.52. The Kier molecular flexibility index (Phi) is 9.56. The van der Waals surface area contributed by atoms with Crippen LogP contribution in [0.3, 0.4) is 0 Å². The predicted octanol–water partition coefficient (Wildman–Crippen LogP) is 4.07. The number of likely N-dealkylation sites (N-methyl/N-ethyl adjacent to an activating group) is 1. The number of halogens is 4. The molecule has 192 valence electrons. The predicted molar refractivity (Wildman–Crippen MR) is 128 cm³/mol. The van der Waals surface area contributed by atoms with E-state index in [4.69, 9.17) is 11.6 Å². The number of amides is 2. The summed E-state index contributed by atoms with van der Waals surface area (Å²) in [5.41, 5.74) is -0.906. The second kappa shape index (κ2) is 11.8. The summed E-state index contributed by atoms with van der Waals surface area (Å²) >= 11 is 5.66. The summed E-state index contributed by atoms with van der Waals surface area (Å²) in [6.45, 7) is 2.94. The van der Waals surface area contributed by atoms with Crippen LogP contribution in [0.15, 0.2) is 48.5 Å². The molecule has 2 rings (SSSR count). The summed E-state index contributed by atoms with van der Waals surface area (Å²) in [7, 11) is -4.18. The van der Waals surface area contributed by atoms with Gasteiger partial charge in [0.05, 0.1) is 22.5 Å². The second-order valence-corrected chi connectivity index (χ2v) is 10.1. The van der Waals surface area contributed by atoms with Crippen molar-refractivity contribution in [2.24, 2.45) is 0 Å². The highest BCUT2D eigenvalue weighted by Gasteiger charge is 2.36. The number of benzene rings is 2. The third-order valence-electron chi connectivity index (χ3n) is 5.16. The summed E-state index contributed by atoms with van der Waals surface area (Å²) in [6.07, 6.45) is -3.81. The van der Waals surface area contributed by atoms with Crippen LogP contribution in [0, 0.1) is 0 Å². The number of carbonyl (C=O) groups excluding carboxylic acids is 2. The van der Waals surface area contributed by atoms with Crippen LogP contribution in [0.1, 0.15) is 31.4 Å². The van der Waals surface area contributed by atoms with E-state index in [1.54, 1.807) is 44.2 Å². The van der Waals surface area contributed by atoms with E-state index < -0.39 is 51.2 Å². The minimum absolute atomic E-state index is 0.00132. The minimum atomic E-state index is -4.83. The average molecular weight is 534 g/mol. The molecule has 0 saturated heterocycles. The minimum Gasteiger partial charge on any atom is -0.355 e. The van der Waals surface area contributed by atoms with Crippen molar-refractivity contribution in [3.05, 3.63) is 64.7 Å². The maximum atomic E-state index is 13.4. The zero-order valence-electron chi connectivity index (χ0n) is 19.5. The normalized spacial score (nSPS) is 12.7. The molecule has 1 unspecified atom stereocenters. The van der Waals surface area contributed by atoms with Gasteiger partial charge in [-0.3, -0.25) is 13.9 Å². The zero-order valence-corrected chi connectivity index (χ0v) is 21.0. The second-order valence-electron chi connectivity index (χ2n) is 7.76. The third-order valence-corrected chi connectivity index (χ3v) is 6.63. The van der Waals surface area contributed by atoms with Gasteiger partial charge in [0.25, 0.3) is 0 Å². The summed E-state index contributed by atoms with van der Waals surface area (Å²) in [5, 5.41) is 2.06. The molecule has 0 radical (unpaired) electrons. The molecule has 0 aliphatic heterocycles. The first kappa shape index (κ1) is 28.4. The molecule has 0 saturated carbocycles. The monoisotopic (exact) mass is 533 g/mol. The van der Waals surface area contributed by atoms with E-state index in [1.165, 1.54) is 4.90 Å². The first-order valence-electron chi connectivity index (χ1n) is 10.7. The highest BCUT2D eigenvalue weighted by atomic mass is 35.5. The van der Waals surface area contributed by atoms with E-state index in [1.807, 2.05) is 0 Å². The molecule has 0 spiro atoms. The molecule has 0 aromatic heterocycles. The van der Waals surface area contributed by atoms with Crippen molar-refractivity contribution in [1.29, 1.82) is 0 Å². The molecule has 0 bridgehead atoms. The van der Waals surface area contributed by atoms with Crippen molar-refractivity contribution >= 4 is 39.1 Å². The van der Waals surface area contributed by atoms with Crippen molar-refractivity contribution in [2.75, 3.05) is 23.7 Å². The molecule has 7 nitrogen and oxygen atoms in total. The van der Waals surface area contributed by atoms with Crippen LogP contribution in [0.2, 0.25) is 5.02 Å². The van der Waals surface area contributed by atoms with E-state index in [-0.39, 0.29) is 18.7 Å². The number of hydrogen-bond donors (Lipinski definition) is 1. The molecule has 0 fully saturated rings. The van der Waals surface area contributed by atoms with Crippen molar-refractivity contribution in [3.63, 3.8) is 0 Å². The quantitative estimate of drug-likeness (QED) is 0.499. The summed E-state index contributed by atoms with van der Waals surface area (Å²) < 4.78 is 65.7. The Morgan fingerprint density at radius 3 is 2.23 bits per heavy atom. The number of anilines is 1. The fourth-order valence-corrected chi connectivity index (χ4v) is 4.56. The Morgan fingerprint density at radius 1 is 1.09 bits per heavy atom. The molecule has 2 aromatic rings. The average Bonchev–Trinajstić information content (AvgIpc) is 2.77. The van der Waals surface area contributed by atoms with Gasteiger partial charge < -0.3 is 10.2 Å². The van der Waals surface area contributed by atoms with Crippen LogP contribution < -0.4 is 9.62 Å². The van der Waals surface area contributed by atoms with Crippen LogP contribution in [0.25, 0.3) is 0 Å². The number of sulfonamides is 1. The van der Waals surface area contributed by atoms with E-state index >= 15 is 0 Å². The molecule has 35 heavy (non-hydrogen) atoms. The van der Waals surface area contributed by atoms with Gasteiger partial charge in [-0.15, -0.1) is 0 Å². The van der Waals surface area contributed by atoms with E-state index in [2.05, 4.69) is 5.32 Å². The molecule has 0 aliphatic carbocycles. The summed E-state index contributed by atoms with van der Waals surface area (Å²) in [4.78, 5) is 27.3. The molecular formula is C23H27ClF3N3O4S. The highest BCUT2D eigenvalue weighted by molar-refractivity contribution is 7.92. The summed E-state index contributed by atoms with van der Waals surface area (Å²) in [5.74, 6) is -1.17. The SMILES string of the molecule is CCNC(=O)C(CC)N(Cc1ccccc1)C(=O)CN(c1ccc(Cl)c(C(F)(F)F)c1)S(C)(=O)=O. The fraction of sp³-hybridized carbons (Fsp3) is 0.391. The Bertz CT molecular complexity index is 1140. The lowest BCUT2D eigenvalue weighted by molar-refractivity contribution is -0.140. The first-order chi connectivity index (χ1) is 16.3. The first-order valence-corrected chi connectivity index (χ1v) is 13.0. The number of nitrogens with zero attached hydrogens (tertiary/aromatic N) is 2. The maximum absolute atomic E-state index is 13.4. The Labute approximate surface area is 207 Å². The standard InChI is InChI=1S/C23H27ClF3N3O4S/c1-4-20(22(32)28-5-2)29(14-16-9-7-6-8-10-16)21(31)15-30(35(3,33)34)17-11-12-19(24)18(13-17)23(25,26)27/h6-13,20H,4-5,14-15H2,1-3H3,(H,28,32). The lowest BCUT2D eigenvalue weighted by atomic mass is 10.1. The van der Waals surface area contributed by atoms with Crippen molar-refractivity contribution in [2.45, 2.75) is 39.0 Å². The molecule has 0 aliphatic rings. The van der Waals surface area contributed by atoms with Crippen LogP contribution in [0.5, 0.6) is 0 Å². The topological polar surface area (TPSA) is 86.8 Å². The fourth-order valence-electron chi connectivity index (χ4n) is 3.49. The van der Waals surface area contributed by atoms with Gasteiger partial charge >= 0.3 is 6.18 Å². The van der Waals surface area contributed by atoms with Gasteiger partial charge in [-0.1, -0.05) is 48.9 Å². The molecule has 1 N–H and O–H groups in total. The number of hydrogen-bond acceptors (Lipinski definition) is 4.